The molecule has 2 amide bonds. The zero-order valence-corrected chi connectivity index (χ0v) is 13.4. The van der Waals surface area contributed by atoms with Crippen molar-refractivity contribution < 1.29 is 29.0 Å². The van der Waals surface area contributed by atoms with Crippen LogP contribution in [0.4, 0.5) is 4.79 Å². The van der Waals surface area contributed by atoms with Crippen LogP contribution in [0.25, 0.3) is 0 Å². The Morgan fingerprint density at radius 3 is 2.57 bits per heavy atom. The average molecular weight is 329 g/mol. The molecule has 0 saturated carbocycles. The lowest BCUT2D eigenvalue weighted by molar-refractivity contribution is -0.148. The Hall–Kier alpha value is -2.29. The fourth-order valence-electron chi connectivity index (χ4n) is 2.33. The van der Waals surface area contributed by atoms with Gasteiger partial charge in [0.1, 0.15) is 0 Å². The molecule has 130 valence electrons. The van der Waals surface area contributed by atoms with Crippen molar-refractivity contribution in [2.75, 3.05) is 13.1 Å². The number of likely N-dealkylation sites (N-methyl/N-ethyl adjacent to an activating group) is 1. The summed E-state index contributed by atoms with van der Waals surface area (Å²) in [6, 6.07) is -1.64. The average Bonchev–Trinajstić information content (AvgIpc) is 2.45. The van der Waals surface area contributed by atoms with Crippen LogP contribution in [-0.4, -0.2) is 59.3 Å². The second kappa shape index (κ2) is 8.37. The van der Waals surface area contributed by atoms with Gasteiger partial charge in [0.05, 0.1) is 12.1 Å². The lowest BCUT2D eigenvalue weighted by Crippen LogP contribution is -2.61. The molecule has 0 unspecified atom stereocenters. The molecule has 0 radical (unpaired) electrons. The Morgan fingerprint density at radius 2 is 2.09 bits per heavy atom. The van der Waals surface area contributed by atoms with Gasteiger partial charge in [0, 0.05) is 26.1 Å². The van der Waals surface area contributed by atoms with Crippen molar-refractivity contribution in [2.24, 2.45) is 5.73 Å². The van der Waals surface area contributed by atoms with Crippen LogP contribution >= 0.6 is 0 Å². The van der Waals surface area contributed by atoms with Crippen LogP contribution in [-0.2, 0) is 19.1 Å². The highest BCUT2D eigenvalue weighted by Gasteiger charge is 2.41. The van der Waals surface area contributed by atoms with Gasteiger partial charge >= 0.3 is 6.16 Å². The lowest BCUT2D eigenvalue weighted by atomic mass is 9.99. The first kappa shape index (κ1) is 18.8. The molecule has 1 aliphatic heterocycles. The molecular weight excluding hydrogens is 306 g/mol. The number of amides is 2. The van der Waals surface area contributed by atoms with Gasteiger partial charge < -0.3 is 30.5 Å². The maximum Gasteiger partial charge on any atom is 0.513 e. The summed E-state index contributed by atoms with van der Waals surface area (Å²) in [5, 5.41) is 11.3. The molecule has 4 N–H and O–H groups in total. The molecule has 0 fully saturated rings. The predicted molar refractivity (Wildman–Crippen MR) is 80.2 cm³/mol. The van der Waals surface area contributed by atoms with Gasteiger partial charge in [0.2, 0.25) is 12.0 Å². The highest BCUT2D eigenvalue weighted by molar-refractivity contribution is 5.84. The van der Waals surface area contributed by atoms with Gasteiger partial charge in [-0.15, -0.1) is 0 Å². The fraction of sp³-hybridized carbons (Fsp3) is 0.643. The highest BCUT2D eigenvalue weighted by atomic mass is 16.7. The van der Waals surface area contributed by atoms with Gasteiger partial charge in [-0.25, -0.2) is 4.79 Å². The van der Waals surface area contributed by atoms with Gasteiger partial charge in [-0.1, -0.05) is 6.92 Å². The molecule has 9 heteroatoms. The summed E-state index contributed by atoms with van der Waals surface area (Å²) in [6.45, 7) is 6.00. The number of rotatable bonds is 6. The number of nitrogens with two attached hydrogens (primary N) is 1. The molecule has 1 aliphatic rings. The second-order valence-electron chi connectivity index (χ2n) is 5.11. The van der Waals surface area contributed by atoms with E-state index in [4.69, 9.17) is 15.6 Å². The summed E-state index contributed by atoms with van der Waals surface area (Å²) in [5.74, 6) is -1.12. The molecule has 0 spiro atoms. The number of carboxylic acid groups (broad SMARTS) is 1. The van der Waals surface area contributed by atoms with Gasteiger partial charge in [-0.2, -0.15) is 0 Å². The predicted octanol–water partition coefficient (Wildman–Crippen LogP) is 0.0117. The number of ether oxygens (including phenoxy) is 2. The van der Waals surface area contributed by atoms with Crippen molar-refractivity contribution >= 4 is 18.0 Å². The third-order valence-corrected chi connectivity index (χ3v) is 3.30. The van der Waals surface area contributed by atoms with Gasteiger partial charge in [0.15, 0.2) is 0 Å². The number of hydrogen-bond donors (Lipinski definition) is 3. The van der Waals surface area contributed by atoms with Crippen LogP contribution in [0.15, 0.2) is 12.0 Å². The Bertz CT molecular complexity index is 493. The Balaban J connectivity index is 3.05. The number of hydrogen-bond acceptors (Lipinski definition) is 6. The summed E-state index contributed by atoms with van der Waals surface area (Å²) in [6.07, 6.45) is -0.764. The molecule has 3 atom stereocenters. The molecule has 9 nitrogen and oxygen atoms in total. The van der Waals surface area contributed by atoms with E-state index in [9.17, 15) is 14.4 Å². The number of nitrogens with zero attached hydrogens (tertiary/aromatic N) is 1. The SMILES string of the molecule is CCCN(CC)C(=O)[C@@H]1OC(OC(=O)O)=C[C@H](N)[C@H]1NC(C)=O. The lowest BCUT2D eigenvalue weighted by Gasteiger charge is -2.36. The van der Waals surface area contributed by atoms with Crippen molar-refractivity contribution in [2.45, 2.75) is 45.4 Å². The van der Waals surface area contributed by atoms with Crippen molar-refractivity contribution in [3.8, 4) is 0 Å². The quantitative estimate of drug-likeness (QED) is 0.585. The van der Waals surface area contributed by atoms with Crippen LogP contribution in [0.5, 0.6) is 0 Å². The largest absolute Gasteiger partial charge is 0.513 e. The summed E-state index contributed by atoms with van der Waals surface area (Å²) in [4.78, 5) is 36.2. The van der Waals surface area contributed by atoms with E-state index in [0.717, 1.165) is 6.42 Å². The monoisotopic (exact) mass is 329 g/mol. The van der Waals surface area contributed by atoms with E-state index in [1.807, 2.05) is 13.8 Å². The van der Waals surface area contributed by atoms with Gasteiger partial charge in [-0.3, -0.25) is 9.59 Å². The zero-order valence-electron chi connectivity index (χ0n) is 13.4. The third-order valence-electron chi connectivity index (χ3n) is 3.30. The molecule has 0 aromatic rings. The molecule has 0 bridgehead atoms. The smallest absolute Gasteiger partial charge is 0.449 e. The minimum Gasteiger partial charge on any atom is -0.449 e. The second-order valence-corrected chi connectivity index (χ2v) is 5.11. The standard InChI is InChI=1S/C14H23N3O6/c1-4-6-17(5-2)13(19)12-11(16-8(3)18)9(15)7-10(22-12)23-14(20)21/h7,9,11-12H,4-6,15H2,1-3H3,(H,16,18)(H,20,21)/t9-,11+,12+/m0/s1. The first-order valence-electron chi connectivity index (χ1n) is 7.40. The summed E-state index contributed by atoms with van der Waals surface area (Å²) in [5.41, 5.74) is 5.92. The van der Waals surface area contributed by atoms with Crippen LogP contribution < -0.4 is 11.1 Å². The van der Waals surface area contributed by atoms with Crippen molar-refractivity contribution in [3.05, 3.63) is 12.0 Å². The molecule has 0 saturated heterocycles. The number of carbonyl (C=O) groups excluding carboxylic acids is 2. The van der Waals surface area contributed by atoms with E-state index < -0.39 is 24.3 Å². The Kier molecular flexibility index (Phi) is 6.83. The van der Waals surface area contributed by atoms with E-state index in [1.165, 1.54) is 13.0 Å². The normalized spacial score (nSPS) is 23.3. The first-order chi connectivity index (χ1) is 10.8. The van der Waals surface area contributed by atoms with Crippen molar-refractivity contribution in [1.82, 2.24) is 10.2 Å². The van der Waals surface area contributed by atoms with E-state index in [-0.39, 0.29) is 17.8 Å². The molecule has 0 aromatic heterocycles. The Labute approximate surface area is 134 Å². The molecular formula is C14H23N3O6. The minimum absolute atomic E-state index is 0.363. The van der Waals surface area contributed by atoms with Crippen LogP contribution in [0.3, 0.4) is 0 Å². The molecule has 23 heavy (non-hydrogen) atoms. The summed E-state index contributed by atoms with van der Waals surface area (Å²) in [7, 11) is 0. The van der Waals surface area contributed by atoms with Crippen LogP contribution in [0, 0.1) is 0 Å². The van der Waals surface area contributed by atoms with Crippen LogP contribution in [0.1, 0.15) is 27.2 Å². The molecule has 1 rings (SSSR count). The highest BCUT2D eigenvalue weighted by Crippen LogP contribution is 2.20. The van der Waals surface area contributed by atoms with E-state index in [2.05, 4.69) is 10.1 Å². The zero-order chi connectivity index (χ0) is 17.6. The summed E-state index contributed by atoms with van der Waals surface area (Å²) < 4.78 is 9.80. The summed E-state index contributed by atoms with van der Waals surface area (Å²) >= 11 is 0. The van der Waals surface area contributed by atoms with Crippen LogP contribution in [0.2, 0.25) is 0 Å². The van der Waals surface area contributed by atoms with Crippen molar-refractivity contribution in [3.63, 3.8) is 0 Å². The van der Waals surface area contributed by atoms with E-state index in [1.54, 1.807) is 4.90 Å². The number of carbonyl (C=O) groups is 3. The molecule has 0 aromatic carbocycles. The Morgan fingerprint density at radius 1 is 1.43 bits per heavy atom. The molecule has 0 aliphatic carbocycles. The van der Waals surface area contributed by atoms with E-state index in [0.29, 0.717) is 13.1 Å². The maximum absolute atomic E-state index is 12.7. The van der Waals surface area contributed by atoms with Gasteiger partial charge in [0.25, 0.3) is 11.9 Å². The van der Waals surface area contributed by atoms with E-state index >= 15 is 0 Å². The third kappa shape index (κ3) is 5.13. The fourth-order valence-corrected chi connectivity index (χ4v) is 2.33. The first-order valence-corrected chi connectivity index (χ1v) is 7.40. The topological polar surface area (TPSA) is 131 Å². The maximum atomic E-state index is 12.7. The van der Waals surface area contributed by atoms with Crippen molar-refractivity contribution in [1.29, 1.82) is 0 Å². The molecule has 1 heterocycles. The van der Waals surface area contributed by atoms with Gasteiger partial charge in [-0.05, 0) is 13.3 Å². The number of nitrogens with one attached hydrogen (secondary N) is 1. The minimum atomic E-state index is -1.58.